The number of nitrogens with one attached hydrogen (secondary N) is 1. The lowest BCUT2D eigenvalue weighted by atomic mass is 9.89. The van der Waals surface area contributed by atoms with Crippen LogP contribution in [0, 0.1) is 6.92 Å². The molecule has 28 heavy (non-hydrogen) atoms. The maximum atomic E-state index is 12.8. The highest BCUT2D eigenvalue weighted by Gasteiger charge is 2.31. The lowest BCUT2D eigenvalue weighted by Gasteiger charge is -2.33. The monoisotopic (exact) mass is 386 g/mol. The second-order valence-electron chi connectivity index (χ2n) is 7.04. The van der Waals surface area contributed by atoms with Gasteiger partial charge in [-0.3, -0.25) is 9.59 Å². The Morgan fingerprint density at radius 2 is 1.96 bits per heavy atom. The van der Waals surface area contributed by atoms with Crippen LogP contribution in [-0.2, 0) is 13.0 Å². The minimum atomic E-state index is -0.528. The lowest BCUT2D eigenvalue weighted by Crippen LogP contribution is -2.51. The normalized spacial score (nSPS) is 18.3. The quantitative estimate of drug-likeness (QED) is 0.756. The fourth-order valence-corrected chi connectivity index (χ4v) is 3.29. The minimum Gasteiger partial charge on any atom is -0.493 e. The molecule has 2 N–H and O–H groups in total. The topological polar surface area (TPSA) is 89.8 Å². The van der Waals surface area contributed by atoms with Gasteiger partial charge in [0.25, 0.3) is 11.5 Å². The summed E-state index contributed by atoms with van der Waals surface area (Å²) in [7, 11) is 3.16. The number of aryl methyl sites for hydroxylation is 3. The molecule has 0 aliphatic heterocycles. The van der Waals surface area contributed by atoms with Gasteiger partial charge in [0.2, 0.25) is 0 Å². The molecule has 1 saturated carbocycles. The number of carbonyl (C=O) groups excluding carboxylic acids is 1. The lowest BCUT2D eigenvalue weighted by molar-refractivity contribution is 0.0446. The molecule has 1 heterocycles. The summed E-state index contributed by atoms with van der Waals surface area (Å²) >= 11 is 0. The molecule has 1 aromatic carbocycles. The molecule has 0 radical (unpaired) electrons. The highest BCUT2D eigenvalue weighted by atomic mass is 16.5. The number of benzene rings is 1. The van der Waals surface area contributed by atoms with Crippen molar-refractivity contribution in [3.05, 3.63) is 57.5 Å². The highest BCUT2D eigenvalue weighted by Crippen LogP contribution is 2.27. The van der Waals surface area contributed by atoms with E-state index >= 15 is 0 Å². The number of carbonyl (C=O) groups is 1. The Balaban J connectivity index is 1.76. The highest BCUT2D eigenvalue weighted by molar-refractivity contribution is 5.95. The van der Waals surface area contributed by atoms with E-state index in [2.05, 4.69) is 5.32 Å². The summed E-state index contributed by atoms with van der Waals surface area (Å²) in [5.74, 6) is 0.859. The molecule has 7 nitrogen and oxygen atoms in total. The van der Waals surface area contributed by atoms with Crippen LogP contribution in [-0.4, -0.2) is 41.9 Å². The van der Waals surface area contributed by atoms with E-state index in [9.17, 15) is 14.7 Å². The van der Waals surface area contributed by atoms with Crippen molar-refractivity contribution in [1.82, 2.24) is 9.88 Å². The summed E-state index contributed by atoms with van der Waals surface area (Å²) in [6.45, 7) is 2.17. The molecule has 0 unspecified atom stereocenters. The van der Waals surface area contributed by atoms with Crippen LogP contribution in [0.2, 0.25) is 0 Å². The summed E-state index contributed by atoms with van der Waals surface area (Å²) < 4.78 is 12.1. The van der Waals surface area contributed by atoms with E-state index in [1.165, 1.54) is 4.57 Å². The minimum absolute atomic E-state index is 0.133. The van der Waals surface area contributed by atoms with E-state index in [0.717, 1.165) is 12.0 Å². The van der Waals surface area contributed by atoms with Crippen LogP contribution < -0.4 is 20.3 Å². The third-order valence-electron chi connectivity index (χ3n) is 5.24. The number of pyridine rings is 1. The van der Waals surface area contributed by atoms with Crippen molar-refractivity contribution in [3.8, 4) is 11.5 Å². The van der Waals surface area contributed by atoms with Crippen LogP contribution in [0.25, 0.3) is 0 Å². The van der Waals surface area contributed by atoms with Gasteiger partial charge in [0.15, 0.2) is 11.5 Å². The molecule has 0 saturated heterocycles. The van der Waals surface area contributed by atoms with Crippen molar-refractivity contribution in [1.29, 1.82) is 0 Å². The van der Waals surface area contributed by atoms with Gasteiger partial charge in [-0.2, -0.15) is 0 Å². The van der Waals surface area contributed by atoms with Gasteiger partial charge in [-0.25, -0.2) is 0 Å². The summed E-state index contributed by atoms with van der Waals surface area (Å²) in [6, 6.07) is 7.12. The van der Waals surface area contributed by atoms with Crippen LogP contribution in [0.5, 0.6) is 11.5 Å². The molecule has 1 fully saturated rings. The summed E-state index contributed by atoms with van der Waals surface area (Å²) in [5, 5.41) is 12.4. The molecule has 150 valence electrons. The molecule has 0 bridgehead atoms. The van der Waals surface area contributed by atoms with Crippen molar-refractivity contribution in [3.63, 3.8) is 0 Å². The number of amides is 1. The summed E-state index contributed by atoms with van der Waals surface area (Å²) in [4.78, 5) is 25.4. The second kappa shape index (κ2) is 8.48. The Morgan fingerprint density at radius 1 is 1.21 bits per heavy atom. The second-order valence-corrected chi connectivity index (χ2v) is 7.04. The zero-order valence-electron chi connectivity index (χ0n) is 16.4. The molecular formula is C21H26N2O5. The molecule has 1 amide bonds. The first-order valence-electron chi connectivity index (χ1n) is 9.34. The summed E-state index contributed by atoms with van der Waals surface area (Å²) in [5.41, 5.74) is 1.42. The van der Waals surface area contributed by atoms with Crippen LogP contribution in [0.4, 0.5) is 0 Å². The molecule has 2 atom stereocenters. The van der Waals surface area contributed by atoms with Gasteiger partial charge in [0.1, 0.15) is 5.56 Å². The molecule has 1 aliphatic carbocycles. The number of aliphatic hydroxyl groups excluding tert-OH is 1. The number of aromatic nitrogens is 1. The number of hydrogen-bond acceptors (Lipinski definition) is 5. The average Bonchev–Trinajstić information content (AvgIpc) is 2.70. The fourth-order valence-electron chi connectivity index (χ4n) is 3.29. The van der Waals surface area contributed by atoms with E-state index in [4.69, 9.17) is 9.47 Å². The number of methoxy groups -OCH3 is 2. The maximum Gasteiger partial charge on any atom is 0.263 e. The third kappa shape index (κ3) is 4.04. The molecule has 2 aromatic rings. The zero-order chi connectivity index (χ0) is 20.3. The smallest absolute Gasteiger partial charge is 0.263 e. The van der Waals surface area contributed by atoms with Gasteiger partial charge in [-0.1, -0.05) is 6.07 Å². The number of ether oxygens (including phenoxy) is 2. The predicted molar refractivity (Wildman–Crippen MR) is 105 cm³/mol. The van der Waals surface area contributed by atoms with E-state index < -0.39 is 12.0 Å². The van der Waals surface area contributed by atoms with Crippen molar-refractivity contribution >= 4 is 5.91 Å². The standard InChI is InChI=1S/C21H26N2O5/c1-13-8-10-23(11-9-14-4-7-17(27-2)18(12-14)28-3)21(26)19(13)20(25)22-15-5-6-16(15)24/h4,7-8,10,12,15-16,24H,5-6,9,11H2,1-3H3,(H,22,25)/t15-,16-/m0/s1. The third-order valence-corrected chi connectivity index (χ3v) is 5.24. The first-order valence-corrected chi connectivity index (χ1v) is 9.34. The first kappa shape index (κ1) is 19.9. The average molecular weight is 386 g/mol. The fraction of sp³-hybridized carbons (Fsp3) is 0.429. The molecule has 1 aromatic heterocycles. The SMILES string of the molecule is COc1ccc(CCn2ccc(C)c(C(=O)N[C@H]3CC[C@@H]3O)c2=O)cc1OC. The van der Waals surface area contributed by atoms with Gasteiger partial charge >= 0.3 is 0 Å². The molecular weight excluding hydrogens is 360 g/mol. The summed E-state index contributed by atoms with van der Waals surface area (Å²) in [6.07, 6.45) is 3.18. The van der Waals surface area contributed by atoms with E-state index in [-0.39, 0.29) is 17.2 Å². The van der Waals surface area contributed by atoms with Gasteiger partial charge in [-0.05, 0) is 55.5 Å². The van der Waals surface area contributed by atoms with Crippen LogP contribution in [0.1, 0.15) is 34.3 Å². The Labute approximate surface area is 163 Å². The largest absolute Gasteiger partial charge is 0.493 e. The molecule has 1 aliphatic rings. The van der Waals surface area contributed by atoms with E-state index in [0.29, 0.717) is 36.4 Å². The van der Waals surface area contributed by atoms with Crippen LogP contribution in [0.15, 0.2) is 35.3 Å². The van der Waals surface area contributed by atoms with Gasteiger partial charge < -0.3 is 24.5 Å². The van der Waals surface area contributed by atoms with Crippen molar-refractivity contribution in [2.45, 2.75) is 44.9 Å². The Morgan fingerprint density at radius 3 is 2.57 bits per heavy atom. The van der Waals surface area contributed by atoms with Gasteiger partial charge in [0, 0.05) is 12.7 Å². The molecule has 0 spiro atoms. The first-order chi connectivity index (χ1) is 13.4. The van der Waals surface area contributed by atoms with Gasteiger partial charge in [0.05, 0.1) is 26.4 Å². The molecule has 7 heteroatoms. The number of aliphatic hydroxyl groups is 1. The number of rotatable bonds is 7. The Kier molecular flexibility index (Phi) is 6.04. The molecule has 3 rings (SSSR count). The Hall–Kier alpha value is -2.80. The number of nitrogens with zero attached hydrogens (tertiary/aromatic N) is 1. The van der Waals surface area contributed by atoms with Crippen molar-refractivity contribution in [2.75, 3.05) is 14.2 Å². The predicted octanol–water partition coefficient (Wildman–Crippen LogP) is 1.67. The van der Waals surface area contributed by atoms with Crippen molar-refractivity contribution in [2.24, 2.45) is 0 Å². The number of hydrogen-bond donors (Lipinski definition) is 2. The maximum absolute atomic E-state index is 12.8. The zero-order valence-corrected chi connectivity index (χ0v) is 16.4. The van der Waals surface area contributed by atoms with Crippen LogP contribution in [0.3, 0.4) is 0 Å². The van der Waals surface area contributed by atoms with E-state index in [1.54, 1.807) is 33.4 Å². The van der Waals surface area contributed by atoms with Crippen LogP contribution >= 0.6 is 0 Å². The van der Waals surface area contributed by atoms with Gasteiger partial charge in [-0.15, -0.1) is 0 Å². The van der Waals surface area contributed by atoms with Crippen molar-refractivity contribution < 1.29 is 19.4 Å². The van der Waals surface area contributed by atoms with E-state index in [1.807, 2.05) is 18.2 Å². The Bertz CT molecular complexity index is 921.